The van der Waals surface area contributed by atoms with E-state index < -0.39 is 5.97 Å². The lowest BCUT2D eigenvalue weighted by atomic mass is 10.0. The molecule has 0 aromatic heterocycles. The molecule has 0 spiro atoms. The van der Waals surface area contributed by atoms with Gasteiger partial charge in [0.2, 0.25) is 5.91 Å². The Morgan fingerprint density at radius 1 is 1.38 bits per heavy atom. The second-order valence-electron chi connectivity index (χ2n) is 4.67. The highest BCUT2D eigenvalue weighted by Gasteiger charge is 2.23. The number of carboxylic acid groups (broad SMARTS) is 1. The molecule has 5 heteroatoms. The first kappa shape index (κ1) is 13.0. The zero-order valence-electron chi connectivity index (χ0n) is 9.82. The van der Waals surface area contributed by atoms with E-state index in [1.165, 1.54) is 0 Å². The Balaban J connectivity index is 2.27. The van der Waals surface area contributed by atoms with E-state index in [0.29, 0.717) is 6.04 Å². The minimum absolute atomic E-state index is 0.0210. The van der Waals surface area contributed by atoms with Gasteiger partial charge in [0.05, 0.1) is 13.0 Å². The smallest absolute Gasteiger partial charge is 0.305 e. The topological polar surface area (TPSA) is 78.4 Å². The van der Waals surface area contributed by atoms with Crippen molar-refractivity contribution in [1.82, 2.24) is 10.6 Å². The third-order valence-electron chi connectivity index (χ3n) is 2.67. The molecular weight excluding hydrogens is 208 g/mol. The van der Waals surface area contributed by atoms with Gasteiger partial charge in [-0.05, 0) is 18.8 Å². The Kier molecular flexibility index (Phi) is 4.73. The first-order chi connectivity index (χ1) is 7.49. The Morgan fingerprint density at radius 3 is 2.44 bits per heavy atom. The predicted octanol–water partition coefficient (Wildman–Crippen LogP) is 0.354. The van der Waals surface area contributed by atoms with E-state index in [2.05, 4.69) is 10.6 Å². The molecule has 0 bridgehead atoms. The fourth-order valence-corrected chi connectivity index (χ4v) is 1.42. The van der Waals surface area contributed by atoms with Gasteiger partial charge in [0.25, 0.3) is 0 Å². The van der Waals surface area contributed by atoms with E-state index in [0.717, 1.165) is 12.8 Å². The molecule has 0 aromatic rings. The highest BCUT2D eigenvalue weighted by atomic mass is 16.4. The lowest BCUT2D eigenvalue weighted by Crippen LogP contribution is -2.44. The van der Waals surface area contributed by atoms with Crippen LogP contribution in [-0.4, -0.2) is 35.6 Å². The maximum atomic E-state index is 11.5. The maximum absolute atomic E-state index is 11.5. The fourth-order valence-electron chi connectivity index (χ4n) is 1.42. The second-order valence-corrected chi connectivity index (χ2v) is 4.67. The number of hydrogen-bond acceptors (Lipinski definition) is 3. The molecule has 16 heavy (non-hydrogen) atoms. The number of amides is 1. The molecule has 5 nitrogen and oxygen atoms in total. The first-order valence-corrected chi connectivity index (χ1v) is 5.73. The lowest BCUT2D eigenvalue weighted by molar-refractivity contribution is -0.138. The van der Waals surface area contributed by atoms with E-state index in [9.17, 15) is 9.59 Å². The highest BCUT2D eigenvalue weighted by Crippen LogP contribution is 2.17. The number of nitrogens with one attached hydrogen (secondary N) is 2. The molecule has 3 N–H and O–H groups in total. The van der Waals surface area contributed by atoms with Gasteiger partial charge in [-0.1, -0.05) is 13.8 Å². The molecule has 0 radical (unpaired) electrons. The van der Waals surface area contributed by atoms with Crippen LogP contribution < -0.4 is 10.6 Å². The molecule has 0 saturated heterocycles. The normalized spacial score (nSPS) is 17.2. The van der Waals surface area contributed by atoms with Crippen LogP contribution in [0.1, 0.15) is 33.1 Å². The van der Waals surface area contributed by atoms with Gasteiger partial charge in [0.1, 0.15) is 0 Å². The van der Waals surface area contributed by atoms with E-state index in [1.54, 1.807) is 0 Å². The minimum atomic E-state index is -0.880. The second kappa shape index (κ2) is 5.84. The fraction of sp³-hybridized carbons (Fsp3) is 0.818. The van der Waals surface area contributed by atoms with Crippen LogP contribution in [0.5, 0.6) is 0 Å². The van der Waals surface area contributed by atoms with Crippen molar-refractivity contribution in [3.8, 4) is 0 Å². The van der Waals surface area contributed by atoms with Crippen molar-refractivity contribution in [3.05, 3.63) is 0 Å². The molecule has 1 amide bonds. The van der Waals surface area contributed by atoms with E-state index in [1.807, 2.05) is 13.8 Å². The van der Waals surface area contributed by atoms with Crippen molar-refractivity contribution in [2.24, 2.45) is 5.92 Å². The quantitative estimate of drug-likeness (QED) is 0.587. The SMILES string of the molecule is CC(C)C(CC(=O)O)NC(=O)CNC1CC1. The number of carbonyl (C=O) groups is 2. The summed E-state index contributed by atoms with van der Waals surface area (Å²) in [5.74, 6) is -0.873. The number of carbonyl (C=O) groups excluding carboxylic acids is 1. The number of carboxylic acids is 1. The van der Waals surface area contributed by atoms with Gasteiger partial charge in [-0.15, -0.1) is 0 Å². The summed E-state index contributed by atoms with van der Waals surface area (Å²) in [4.78, 5) is 22.1. The van der Waals surface area contributed by atoms with Gasteiger partial charge in [-0.25, -0.2) is 0 Å². The highest BCUT2D eigenvalue weighted by molar-refractivity contribution is 5.79. The van der Waals surface area contributed by atoms with E-state index >= 15 is 0 Å². The molecule has 1 saturated carbocycles. The molecule has 1 aliphatic rings. The van der Waals surface area contributed by atoms with Crippen LogP contribution in [-0.2, 0) is 9.59 Å². The summed E-state index contributed by atoms with van der Waals surface area (Å²) < 4.78 is 0. The van der Waals surface area contributed by atoms with Crippen molar-refractivity contribution in [1.29, 1.82) is 0 Å². The summed E-state index contributed by atoms with van der Waals surface area (Å²) in [6, 6.07) is 0.203. The summed E-state index contributed by atoms with van der Waals surface area (Å²) in [5, 5.41) is 14.6. The van der Waals surface area contributed by atoms with Crippen molar-refractivity contribution in [2.45, 2.75) is 45.2 Å². The standard InChI is InChI=1S/C11H20N2O3/c1-7(2)9(5-11(15)16)13-10(14)6-12-8-3-4-8/h7-9,12H,3-6H2,1-2H3,(H,13,14)(H,15,16). The Labute approximate surface area is 95.6 Å². The van der Waals surface area contributed by atoms with E-state index in [4.69, 9.17) is 5.11 Å². The van der Waals surface area contributed by atoms with Gasteiger partial charge in [0, 0.05) is 12.1 Å². The number of aliphatic carboxylic acids is 1. The van der Waals surface area contributed by atoms with Crippen molar-refractivity contribution in [2.75, 3.05) is 6.54 Å². The molecule has 1 unspecified atom stereocenters. The summed E-state index contributed by atoms with van der Waals surface area (Å²) in [6.07, 6.45) is 2.25. The van der Waals surface area contributed by atoms with Crippen LogP contribution >= 0.6 is 0 Å². The molecule has 0 aliphatic heterocycles. The summed E-state index contributed by atoms with van der Waals surface area (Å²) in [5.41, 5.74) is 0. The zero-order chi connectivity index (χ0) is 12.1. The van der Waals surface area contributed by atoms with Crippen molar-refractivity contribution < 1.29 is 14.7 Å². The number of hydrogen-bond donors (Lipinski definition) is 3. The third kappa shape index (κ3) is 5.11. The average molecular weight is 228 g/mol. The van der Waals surface area contributed by atoms with Crippen LogP contribution in [0, 0.1) is 5.92 Å². The molecule has 1 rings (SSSR count). The van der Waals surface area contributed by atoms with Crippen LogP contribution in [0.15, 0.2) is 0 Å². The molecule has 1 fully saturated rings. The van der Waals surface area contributed by atoms with E-state index in [-0.39, 0.29) is 30.8 Å². The van der Waals surface area contributed by atoms with Gasteiger partial charge in [0.15, 0.2) is 0 Å². The van der Waals surface area contributed by atoms with Crippen LogP contribution in [0.2, 0.25) is 0 Å². The Bertz CT molecular complexity index is 262. The molecule has 0 heterocycles. The molecular formula is C11H20N2O3. The molecule has 92 valence electrons. The Hall–Kier alpha value is -1.10. The van der Waals surface area contributed by atoms with Gasteiger partial charge < -0.3 is 15.7 Å². The molecule has 0 aromatic carbocycles. The lowest BCUT2D eigenvalue weighted by Gasteiger charge is -2.20. The minimum Gasteiger partial charge on any atom is -0.481 e. The first-order valence-electron chi connectivity index (χ1n) is 5.73. The molecule has 1 atom stereocenters. The maximum Gasteiger partial charge on any atom is 0.305 e. The molecule has 1 aliphatic carbocycles. The zero-order valence-corrected chi connectivity index (χ0v) is 9.82. The Morgan fingerprint density at radius 2 is 2.00 bits per heavy atom. The largest absolute Gasteiger partial charge is 0.481 e. The van der Waals surface area contributed by atoms with Gasteiger partial charge in [-0.3, -0.25) is 9.59 Å². The summed E-state index contributed by atoms with van der Waals surface area (Å²) in [7, 11) is 0. The van der Waals surface area contributed by atoms with Gasteiger partial charge in [-0.2, -0.15) is 0 Å². The van der Waals surface area contributed by atoms with Crippen molar-refractivity contribution >= 4 is 11.9 Å². The predicted molar refractivity (Wildman–Crippen MR) is 60.0 cm³/mol. The van der Waals surface area contributed by atoms with Crippen molar-refractivity contribution in [3.63, 3.8) is 0 Å². The monoisotopic (exact) mass is 228 g/mol. The van der Waals surface area contributed by atoms with Crippen LogP contribution in [0.3, 0.4) is 0 Å². The average Bonchev–Trinajstić information content (AvgIpc) is 2.96. The summed E-state index contributed by atoms with van der Waals surface area (Å²) in [6.45, 7) is 4.10. The van der Waals surface area contributed by atoms with Crippen LogP contribution in [0.25, 0.3) is 0 Å². The van der Waals surface area contributed by atoms with Gasteiger partial charge >= 0.3 is 5.97 Å². The summed E-state index contributed by atoms with van der Waals surface area (Å²) >= 11 is 0. The third-order valence-corrected chi connectivity index (χ3v) is 2.67. The van der Waals surface area contributed by atoms with Crippen LogP contribution in [0.4, 0.5) is 0 Å². The number of rotatable bonds is 7.